The van der Waals surface area contributed by atoms with Gasteiger partial charge in [0.1, 0.15) is 13.2 Å². The first-order chi connectivity index (χ1) is 36.5. The highest BCUT2D eigenvalue weighted by atomic mass is 16.6. The van der Waals surface area contributed by atoms with Crippen LogP contribution < -0.4 is 0 Å². The van der Waals surface area contributed by atoms with E-state index < -0.39 is 6.10 Å². The topological polar surface area (TPSA) is 78.9 Å². The van der Waals surface area contributed by atoms with Crippen LogP contribution in [-0.4, -0.2) is 37.2 Å². The van der Waals surface area contributed by atoms with Gasteiger partial charge in [-0.3, -0.25) is 14.4 Å². The van der Waals surface area contributed by atoms with Gasteiger partial charge in [0.15, 0.2) is 6.10 Å². The molecule has 0 amide bonds. The average molecular weight is 1040 g/mol. The zero-order chi connectivity index (χ0) is 53.6. The Kier molecular flexibility index (Phi) is 60.7. The highest BCUT2D eigenvalue weighted by Crippen LogP contribution is 2.17. The summed E-state index contributed by atoms with van der Waals surface area (Å²) >= 11 is 0. The van der Waals surface area contributed by atoms with Crippen LogP contribution in [0.3, 0.4) is 0 Å². The Balaban J connectivity index is 4.25. The van der Waals surface area contributed by atoms with Crippen molar-refractivity contribution in [1.82, 2.24) is 0 Å². The summed E-state index contributed by atoms with van der Waals surface area (Å²) < 4.78 is 16.9. The quantitative estimate of drug-likeness (QED) is 0.0261. The number of rotatable bonds is 60. The zero-order valence-corrected chi connectivity index (χ0v) is 49.6. The molecule has 1 atom stereocenters. The molecular formula is C68H124O6. The molecule has 0 spiro atoms. The van der Waals surface area contributed by atoms with Crippen LogP contribution in [-0.2, 0) is 28.6 Å². The molecule has 74 heavy (non-hydrogen) atoms. The third-order valence-electron chi connectivity index (χ3n) is 14.5. The van der Waals surface area contributed by atoms with Crippen LogP contribution in [0.5, 0.6) is 0 Å². The number of unbranched alkanes of at least 4 members (excludes halogenated alkanes) is 41. The Labute approximate surface area is 460 Å². The minimum absolute atomic E-state index is 0.0749. The molecule has 0 rings (SSSR count). The maximum Gasteiger partial charge on any atom is 0.306 e. The second kappa shape index (κ2) is 62.9. The van der Waals surface area contributed by atoms with Crippen molar-refractivity contribution in [3.8, 4) is 0 Å². The van der Waals surface area contributed by atoms with Crippen LogP contribution >= 0.6 is 0 Å². The van der Waals surface area contributed by atoms with Gasteiger partial charge in [-0.2, -0.15) is 0 Å². The molecule has 0 heterocycles. The highest BCUT2D eigenvalue weighted by molar-refractivity contribution is 5.71. The van der Waals surface area contributed by atoms with Crippen LogP contribution in [0, 0.1) is 0 Å². The van der Waals surface area contributed by atoms with Crippen molar-refractivity contribution < 1.29 is 28.6 Å². The van der Waals surface area contributed by atoms with Gasteiger partial charge in [0.2, 0.25) is 0 Å². The summed E-state index contributed by atoms with van der Waals surface area (Å²) in [5.41, 5.74) is 0. The second-order valence-corrected chi connectivity index (χ2v) is 22.0. The van der Waals surface area contributed by atoms with E-state index in [-0.39, 0.29) is 31.1 Å². The van der Waals surface area contributed by atoms with Crippen LogP contribution in [0.15, 0.2) is 48.6 Å². The van der Waals surface area contributed by atoms with Crippen molar-refractivity contribution in [2.45, 2.75) is 354 Å². The van der Waals surface area contributed by atoms with Gasteiger partial charge in [0.05, 0.1) is 0 Å². The fourth-order valence-corrected chi connectivity index (χ4v) is 9.58. The van der Waals surface area contributed by atoms with Gasteiger partial charge in [0.25, 0.3) is 0 Å². The summed E-state index contributed by atoms with van der Waals surface area (Å²) in [6.07, 6.45) is 78.4. The summed E-state index contributed by atoms with van der Waals surface area (Å²) in [5, 5.41) is 0. The molecule has 432 valence electrons. The Morgan fingerprint density at radius 1 is 0.270 bits per heavy atom. The number of carbonyl (C=O) groups excluding carboxylic acids is 3. The van der Waals surface area contributed by atoms with Crippen LogP contribution in [0.4, 0.5) is 0 Å². The van der Waals surface area contributed by atoms with Crippen molar-refractivity contribution in [1.29, 1.82) is 0 Å². The van der Waals surface area contributed by atoms with E-state index in [0.29, 0.717) is 19.3 Å². The molecule has 6 nitrogen and oxygen atoms in total. The molecule has 0 aliphatic heterocycles. The number of hydrogen-bond donors (Lipinski definition) is 0. The Hall–Kier alpha value is -2.63. The standard InChI is InChI=1S/C68H124O6/c1-4-7-10-13-16-19-22-25-27-29-31-32-33-34-35-36-38-39-41-43-46-49-52-55-58-61-67(70)73-64-65(63-72-66(69)60-57-54-51-48-45-24-21-18-15-12-9-6-3)74-68(71)62-59-56-53-50-47-44-42-40-37-30-28-26-23-20-17-14-11-8-5-2/h17-18,20-21,26,28-29,31,65H,4-16,19,22-25,27,30,32-64H2,1-3H3/b20-17-,21-18-,28-26-,31-29-. The SMILES string of the molecule is CCCCC/C=C\C/C=C\CCCCCCCCCCCC(=O)OC(COC(=O)CCCCCCC/C=C\CCCCC)COC(=O)CCCCCCCCCCCCCCC/C=C\CCCCCCCCCC. The van der Waals surface area contributed by atoms with E-state index in [9.17, 15) is 14.4 Å². The third-order valence-corrected chi connectivity index (χ3v) is 14.5. The van der Waals surface area contributed by atoms with Crippen molar-refractivity contribution in [3.63, 3.8) is 0 Å². The minimum atomic E-state index is -0.778. The lowest BCUT2D eigenvalue weighted by molar-refractivity contribution is -0.167. The summed E-state index contributed by atoms with van der Waals surface area (Å²) in [6.45, 7) is 6.63. The number of hydrogen-bond acceptors (Lipinski definition) is 6. The first kappa shape index (κ1) is 71.4. The largest absolute Gasteiger partial charge is 0.462 e. The maximum atomic E-state index is 12.9. The van der Waals surface area contributed by atoms with Gasteiger partial charge in [-0.05, 0) is 103 Å². The van der Waals surface area contributed by atoms with Crippen molar-refractivity contribution >= 4 is 17.9 Å². The average Bonchev–Trinajstić information content (AvgIpc) is 3.40. The molecule has 0 fully saturated rings. The molecule has 0 aliphatic carbocycles. The lowest BCUT2D eigenvalue weighted by Gasteiger charge is -2.18. The lowest BCUT2D eigenvalue weighted by Crippen LogP contribution is -2.30. The van der Waals surface area contributed by atoms with Crippen LogP contribution in [0.2, 0.25) is 0 Å². The van der Waals surface area contributed by atoms with E-state index in [0.717, 1.165) is 70.6 Å². The fraction of sp³-hybridized carbons (Fsp3) is 0.838. The van der Waals surface area contributed by atoms with E-state index >= 15 is 0 Å². The van der Waals surface area contributed by atoms with Crippen molar-refractivity contribution in [2.24, 2.45) is 0 Å². The van der Waals surface area contributed by atoms with Gasteiger partial charge in [-0.15, -0.1) is 0 Å². The third kappa shape index (κ3) is 60.2. The van der Waals surface area contributed by atoms with E-state index in [1.807, 2.05) is 0 Å². The van der Waals surface area contributed by atoms with Gasteiger partial charge in [-0.25, -0.2) is 0 Å². The van der Waals surface area contributed by atoms with E-state index in [1.54, 1.807) is 0 Å². The molecule has 0 aromatic rings. The lowest BCUT2D eigenvalue weighted by atomic mass is 10.0. The molecular weight excluding hydrogens is 913 g/mol. The molecule has 1 unspecified atom stereocenters. The summed E-state index contributed by atoms with van der Waals surface area (Å²) in [5.74, 6) is -0.870. The smallest absolute Gasteiger partial charge is 0.306 e. The molecule has 0 N–H and O–H groups in total. The Morgan fingerprint density at radius 3 is 0.784 bits per heavy atom. The van der Waals surface area contributed by atoms with Gasteiger partial charge >= 0.3 is 17.9 Å². The fourth-order valence-electron chi connectivity index (χ4n) is 9.58. The molecule has 0 saturated heterocycles. The molecule has 0 bridgehead atoms. The first-order valence-electron chi connectivity index (χ1n) is 32.6. The number of allylic oxidation sites excluding steroid dienone is 8. The summed E-state index contributed by atoms with van der Waals surface area (Å²) in [6, 6.07) is 0. The number of esters is 3. The predicted molar refractivity (Wildman–Crippen MR) is 321 cm³/mol. The summed E-state index contributed by atoms with van der Waals surface area (Å²) in [7, 11) is 0. The molecule has 6 heteroatoms. The predicted octanol–water partition coefficient (Wildman–Crippen LogP) is 22.2. The first-order valence-corrected chi connectivity index (χ1v) is 32.6. The van der Waals surface area contributed by atoms with Crippen LogP contribution in [0.1, 0.15) is 348 Å². The molecule has 0 aromatic heterocycles. The normalized spacial score (nSPS) is 12.3. The minimum Gasteiger partial charge on any atom is -0.462 e. The monoisotopic (exact) mass is 1040 g/mol. The maximum absolute atomic E-state index is 12.9. The van der Waals surface area contributed by atoms with Crippen LogP contribution in [0.25, 0.3) is 0 Å². The summed E-state index contributed by atoms with van der Waals surface area (Å²) in [4.78, 5) is 38.3. The van der Waals surface area contributed by atoms with Gasteiger partial charge < -0.3 is 14.2 Å². The molecule has 0 saturated carbocycles. The molecule has 0 radical (unpaired) electrons. The number of ether oxygens (including phenoxy) is 3. The van der Waals surface area contributed by atoms with Crippen molar-refractivity contribution in [3.05, 3.63) is 48.6 Å². The molecule has 0 aliphatic rings. The van der Waals surface area contributed by atoms with Crippen molar-refractivity contribution in [2.75, 3.05) is 13.2 Å². The number of carbonyl (C=O) groups is 3. The van der Waals surface area contributed by atoms with Gasteiger partial charge in [0, 0.05) is 19.3 Å². The van der Waals surface area contributed by atoms with Gasteiger partial charge in [-0.1, -0.05) is 275 Å². The molecule has 0 aromatic carbocycles. The Morgan fingerprint density at radius 2 is 0.486 bits per heavy atom. The Bertz CT molecular complexity index is 1280. The highest BCUT2D eigenvalue weighted by Gasteiger charge is 2.19. The van der Waals surface area contributed by atoms with E-state index in [1.165, 1.54) is 238 Å². The zero-order valence-electron chi connectivity index (χ0n) is 49.6. The second-order valence-electron chi connectivity index (χ2n) is 22.0. The van der Waals surface area contributed by atoms with E-state index in [2.05, 4.69) is 69.4 Å². The van der Waals surface area contributed by atoms with E-state index in [4.69, 9.17) is 14.2 Å².